The number of nitrogens with two attached hydrogens (primary N) is 1. The van der Waals surface area contributed by atoms with Crippen molar-refractivity contribution >= 4 is 11.8 Å². The van der Waals surface area contributed by atoms with E-state index in [2.05, 4.69) is 35.4 Å². The molecule has 0 aromatic heterocycles. The average Bonchev–Trinajstić information content (AvgIpc) is 2.52. The molecule has 114 valence electrons. The van der Waals surface area contributed by atoms with Crippen molar-refractivity contribution in [1.82, 2.24) is 5.32 Å². The number of rotatable bonds is 5. The third kappa shape index (κ3) is 4.43. The van der Waals surface area contributed by atoms with E-state index in [9.17, 15) is 0 Å². The minimum absolute atomic E-state index is 0.615. The molecule has 1 aliphatic heterocycles. The summed E-state index contributed by atoms with van der Waals surface area (Å²) in [5.41, 5.74) is 10.6. The summed E-state index contributed by atoms with van der Waals surface area (Å²) in [6, 6.07) is 7.31. The van der Waals surface area contributed by atoms with Crippen LogP contribution >= 0.6 is 0 Å². The van der Waals surface area contributed by atoms with Gasteiger partial charge in [0.05, 0.1) is 0 Å². The van der Waals surface area contributed by atoms with Crippen molar-refractivity contribution in [3.63, 3.8) is 0 Å². The third-order valence-electron chi connectivity index (χ3n) is 4.10. The van der Waals surface area contributed by atoms with Gasteiger partial charge in [-0.15, -0.1) is 0 Å². The first-order chi connectivity index (χ1) is 10.2. The van der Waals surface area contributed by atoms with Crippen molar-refractivity contribution in [2.45, 2.75) is 45.6 Å². The Morgan fingerprint density at radius 2 is 2.29 bits per heavy atom. The van der Waals surface area contributed by atoms with E-state index in [4.69, 9.17) is 5.73 Å². The van der Waals surface area contributed by atoms with Gasteiger partial charge in [-0.25, -0.2) is 0 Å². The van der Waals surface area contributed by atoms with Crippen LogP contribution in [-0.2, 0) is 6.42 Å². The lowest BCUT2D eigenvalue weighted by Gasteiger charge is -2.23. The molecule has 3 nitrogen and oxygen atoms in total. The molecule has 0 spiro atoms. The molecule has 1 heterocycles. The number of benzene rings is 1. The maximum atomic E-state index is 5.78. The Labute approximate surface area is 128 Å². The van der Waals surface area contributed by atoms with E-state index in [0.29, 0.717) is 6.04 Å². The normalized spacial score (nSPS) is 20.1. The SMILES string of the molecule is CCN=CC(=CN)c1cc(C[C@@H]2CCCCN2)ccc1C. The first kappa shape index (κ1) is 15.8. The number of piperidine rings is 1. The second-order valence-corrected chi connectivity index (χ2v) is 5.75. The molecule has 0 amide bonds. The zero-order chi connectivity index (χ0) is 15.1. The highest BCUT2D eigenvalue weighted by atomic mass is 14.9. The van der Waals surface area contributed by atoms with Crippen LogP contribution in [0.3, 0.4) is 0 Å². The lowest BCUT2D eigenvalue weighted by atomic mass is 9.93. The Morgan fingerprint density at radius 3 is 2.95 bits per heavy atom. The van der Waals surface area contributed by atoms with Gasteiger partial charge in [0.25, 0.3) is 0 Å². The van der Waals surface area contributed by atoms with Crippen LogP contribution < -0.4 is 11.1 Å². The molecule has 0 saturated carbocycles. The molecule has 0 unspecified atom stereocenters. The molecule has 0 bridgehead atoms. The van der Waals surface area contributed by atoms with Gasteiger partial charge in [-0.3, -0.25) is 4.99 Å². The molecule has 0 radical (unpaired) electrons. The van der Waals surface area contributed by atoms with Crippen molar-refractivity contribution in [1.29, 1.82) is 0 Å². The van der Waals surface area contributed by atoms with Gasteiger partial charge in [0, 0.05) is 30.6 Å². The van der Waals surface area contributed by atoms with E-state index in [-0.39, 0.29) is 0 Å². The highest BCUT2D eigenvalue weighted by Gasteiger charge is 2.14. The summed E-state index contributed by atoms with van der Waals surface area (Å²) in [6.07, 6.45) is 8.56. The second-order valence-electron chi connectivity index (χ2n) is 5.75. The van der Waals surface area contributed by atoms with E-state index in [1.54, 1.807) is 6.20 Å². The molecule has 1 aromatic carbocycles. The van der Waals surface area contributed by atoms with Gasteiger partial charge in [0.2, 0.25) is 0 Å². The van der Waals surface area contributed by atoms with E-state index in [1.165, 1.54) is 36.0 Å². The number of aliphatic imine (C=N–C) groups is 1. The van der Waals surface area contributed by atoms with Crippen LogP contribution in [0, 0.1) is 6.92 Å². The lowest BCUT2D eigenvalue weighted by molar-refractivity contribution is 0.399. The lowest BCUT2D eigenvalue weighted by Crippen LogP contribution is -2.35. The van der Waals surface area contributed by atoms with Crippen LogP contribution in [0.25, 0.3) is 5.57 Å². The fourth-order valence-electron chi connectivity index (χ4n) is 2.88. The Kier molecular flexibility index (Phi) is 6.00. The maximum absolute atomic E-state index is 5.78. The van der Waals surface area contributed by atoms with Crippen LogP contribution in [0.4, 0.5) is 0 Å². The highest BCUT2D eigenvalue weighted by Crippen LogP contribution is 2.21. The van der Waals surface area contributed by atoms with E-state index in [0.717, 1.165) is 25.1 Å². The quantitative estimate of drug-likeness (QED) is 0.817. The molecule has 3 heteroatoms. The number of hydrogen-bond acceptors (Lipinski definition) is 3. The molecule has 1 saturated heterocycles. The van der Waals surface area contributed by atoms with Crippen molar-refractivity contribution in [2.24, 2.45) is 10.7 Å². The summed E-state index contributed by atoms with van der Waals surface area (Å²) in [4.78, 5) is 4.32. The van der Waals surface area contributed by atoms with Crippen LogP contribution in [0.1, 0.15) is 42.9 Å². The monoisotopic (exact) mass is 285 g/mol. The van der Waals surface area contributed by atoms with Crippen molar-refractivity contribution in [3.05, 3.63) is 41.1 Å². The molecular formula is C18H27N3. The molecule has 1 aromatic rings. The fourth-order valence-corrected chi connectivity index (χ4v) is 2.88. The molecule has 1 aliphatic rings. The van der Waals surface area contributed by atoms with Crippen LogP contribution in [0.15, 0.2) is 29.4 Å². The predicted molar refractivity (Wildman–Crippen MR) is 91.7 cm³/mol. The van der Waals surface area contributed by atoms with E-state index >= 15 is 0 Å². The van der Waals surface area contributed by atoms with Crippen molar-refractivity contribution in [3.8, 4) is 0 Å². The van der Waals surface area contributed by atoms with Gasteiger partial charge in [-0.2, -0.15) is 0 Å². The number of aryl methyl sites for hydroxylation is 1. The summed E-state index contributed by atoms with van der Waals surface area (Å²) in [5, 5.41) is 3.61. The molecule has 21 heavy (non-hydrogen) atoms. The summed E-state index contributed by atoms with van der Waals surface area (Å²) >= 11 is 0. The van der Waals surface area contributed by atoms with Crippen LogP contribution in [-0.4, -0.2) is 25.3 Å². The maximum Gasteiger partial charge on any atom is 0.0361 e. The topological polar surface area (TPSA) is 50.4 Å². The van der Waals surface area contributed by atoms with Gasteiger partial charge in [0.15, 0.2) is 0 Å². The fraction of sp³-hybridized carbons (Fsp3) is 0.500. The van der Waals surface area contributed by atoms with Gasteiger partial charge in [-0.05, 0) is 56.3 Å². The summed E-state index contributed by atoms with van der Waals surface area (Å²) < 4.78 is 0. The van der Waals surface area contributed by atoms with Crippen LogP contribution in [0.5, 0.6) is 0 Å². The molecule has 1 fully saturated rings. The molecule has 0 aliphatic carbocycles. The predicted octanol–water partition coefficient (Wildman–Crippen LogP) is 3.07. The number of hydrogen-bond donors (Lipinski definition) is 2. The number of nitrogens with zero attached hydrogens (tertiary/aromatic N) is 1. The van der Waals surface area contributed by atoms with Crippen molar-refractivity contribution in [2.75, 3.05) is 13.1 Å². The Hall–Kier alpha value is -1.61. The minimum Gasteiger partial charge on any atom is -0.404 e. The Bertz CT molecular complexity index is 511. The Balaban J connectivity index is 2.17. The number of allylic oxidation sites excluding steroid dienone is 1. The summed E-state index contributed by atoms with van der Waals surface area (Å²) in [7, 11) is 0. The van der Waals surface area contributed by atoms with E-state index < -0.39 is 0 Å². The first-order valence-electron chi connectivity index (χ1n) is 7.99. The van der Waals surface area contributed by atoms with Crippen molar-refractivity contribution < 1.29 is 0 Å². The van der Waals surface area contributed by atoms with E-state index in [1.807, 2.05) is 13.1 Å². The molecular weight excluding hydrogens is 258 g/mol. The highest BCUT2D eigenvalue weighted by molar-refractivity contribution is 6.10. The summed E-state index contributed by atoms with van der Waals surface area (Å²) in [5.74, 6) is 0. The minimum atomic E-state index is 0.615. The standard InChI is InChI=1S/C18H27N3/c1-3-20-13-16(12-19)18-11-15(8-7-14(18)2)10-17-6-4-5-9-21-17/h7-8,11-13,17,21H,3-6,9-10,19H2,1-2H3/t17-/m0/s1. The number of nitrogens with one attached hydrogen (secondary N) is 1. The molecule has 1 atom stereocenters. The average molecular weight is 285 g/mol. The summed E-state index contributed by atoms with van der Waals surface area (Å²) in [6.45, 7) is 6.09. The zero-order valence-electron chi connectivity index (χ0n) is 13.2. The third-order valence-corrected chi connectivity index (χ3v) is 4.10. The molecule has 3 N–H and O–H groups in total. The van der Waals surface area contributed by atoms with Gasteiger partial charge < -0.3 is 11.1 Å². The van der Waals surface area contributed by atoms with Crippen LogP contribution in [0.2, 0.25) is 0 Å². The first-order valence-corrected chi connectivity index (χ1v) is 7.99. The Morgan fingerprint density at radius 1 is 1.43 bits per heavy atom. The second kappa shape index (κ2) is 7.99. The van der Waals surface area contributed by atoms with Gasteiger partial charge >= 0.3 is 0 Å². The van der Waals surface area contributed by atoms with Gasteiger partial charge in [-0.1, -0.05) is 24.6 Å². The largest absolute Gasteiger partial charge is 0.404 e. The zero-order valence-corrected chi connectivity index (χ0v) is 13.2. The smallest absolute Gasteiger partial charge is 0.0361 e. The van der Waals surface area contributed by atoms with Gasteiger partial charge in [0.1, 0.15) is 0 Å². The molecule has 2 rings (SSSR count).